The van der Waals surface area contributed by atoms with E-state index in [4.69, 9.17) is 21.3 Å². The molecule has 1 saturated carbocycles. The predicted octanol–water partition coefficient (Wildman–Crippen LogP) is 7.16. The number of aromatic nitrogens is 3. The minimum atomic E-state index is -0.391. The van der Waals surface area contributed by atoms with Crippen molar-refractivity contribution in [3.63, 3.8) is 0 Å². The number of aromatic amines is 1. The smallest absolute Gasteiger partial charge is 0.338 e. The van der Waals surface area contributed by atoms with Gasteiger partial charge in [0.05, 0.1) is 28.2 Å². The van der Waals surface area contributed by atoms with Gasteiger partial charge in [-0.25, -0.2) is 14.2 Å². The average Bonchev–Trinajstić information content (AvgIpc) is 3.28. The third-order valence-electron chi connectivity index (χ3n) is 7.16. The number of fused-ring (bicyclic) bond motifs is 2. The Morgan fingerprint density at radius 1 is 1.21 bits per heavy atom. The van der Waals surface area contributed by atoms with Gasteiger partial charge in [-0.1, -0.05) is 18.5 Å². The summed E-state index contributed by atoms with van der Waals surface area (Å²) in [5.41, 5.74) is 3.88. The molecule has 0 saturated heterocycles. The number of hydrogen-bond acceptors (Lipinski definition) is 4. The highest BCUT2D eigenvalue weighted by Gasteiger charge is 2.29. The summed E-state index contributed by atoms with van der Waals surface area (Å²) in [6.45, 7) is 4.28. The lowest BCUT2D eigenvalue weighted by atomic mass is 9.73. The Bertz CT molecular complexity index is 1360. The van der Waals surface area contributed by atoms with Crippen LogP contribution in [0.2, 0.25) is 5.02 Å². The Labute approximate surface area is 202 Å². The molecular weight excluding hydrogens is 453 g/mol. The van der Waals surface area contributed by atoms with Gasteiger partial charge >= 0.3 is 5.97 Å². The Morgan fingerprint density at radius 2 is 2.00 bits per heavy atom. The molecule has 2 aromatic heterocycles. The second-order valence-electron chi connectivity index (χ2n) is 9.16. The predicted molar refractivity (Wildman–Crippen MR) is 132 cm³/mol. The average molecular weight is 480 g/mol. The molecule has 2 heterocycles. The number of nitrogens with zero attached hydrogens (tertiary/aromatic N) is 2. The lowest BCUT2D eigenvalue weighted by Gasteiger charge is -2.32. The lowest BCUT2D eigenvalue weighted by molar-refractivity contribution is 0.0526. The lowest BCUT2D eigenvalue weighted by Crippen LogP contribution is -2.19. The molecule has 0 amide bonds. The van der Waals surface area contributed by atoms with Gasteiger partial charge in [-0.2, -0.15) is 0 Å². The fraction of sp³-hybridized carbons (Fsp3) is 0.370. The molecule has 4 aromatic rings. The molecule has 1 aliphatic carbocycles. The van der Waals surface area contributed by atoms with Gasteiger partial charge < -0.3 is 9.72 Å². The molecule has 0 radical (unpaired) electrons. The van der Waals surface area contributed by atoms with Crippen molar-refractivity contribution in [1.29, 1.82) is 0 Å². The summed E-state index contributed by atoms with van der Waals surface area (Å²) in [6.07, 6.45) is 6.03. The van der Waals surface area contributed by atoms with Gasteiger partial charge in [0.25, 0.3) is 0 Å². The van der Waals surface area contributed by atoms with Gasteiger partial charge in [-0.05, 0) is 86.4 Å². The van der Waals surface area contributed by atoms with E-state index < -0.39 is 5.97 Å². The van der Waals surface area contributed by atoms with Crippen LogP contribution in [0.15, 0.2) is 42.6 Å². The van der Waals surface area contributed by atoms with Crippen molar-refractivity contribution >= 4 is 39.5 Å². The van der Waals surface area contributed by atoms with Crippen LogP contribution in [0.25, 0.3) is 21.9 Å². The molecule has 5 rings (SSSR count). The quantitative estimate of drug-likeness (QED) is 0.308. The zero-order valence-corrected chi connectivity index (χ0v) is 20.0. The number of hydrogen-bond donors (Lipinski definition) is 1. The van der Waals surface area contributed by atoms with Gasteiger partial charge in [0.1, 0.15) is 17.2 Å². The number of carbonyl (C=O) groups is 1. The second-order valence-corrected chi connectivity index (χ2v) is 9.57. The van der Waals surface area contributed by atoms with Gasteiger partial charge in [0.15, 0.2) is 0 Å². The molecule has 34 heavy (non-hydrogen) atoms. The summed E-state index contributed by atoms with van der Waals surface area (Å²) in [4.78, 5) is 24.7. The molecule has 1 atom stereocenters. The van der Waals surface area contributed by atoms with E-state index in [1.54, 1.807) is 31.2 Å². The molecule has 0 spiro atoms. The number of nitrogens with one attached hydrogen (secondary N) is 1. The number of ether oxygens (including phenoxy) is 1. The standard InChI is InChI=1S/C27H27ClFN3O2/c1-3-34-27(33)18-12-22(28)25-24(13-18)31-26(32-25)15(2)16-4-6-17(7-5-16)20-10-11-30-23-9-8-19(29)14-21(20)23/h8-17H,3-7H2,1-2H3,(H,31,32)/t15-,16-,17+/m1/s1. The van der Waals surface area contributed by atoms with Crippen LogP contribution in [0, 0.1) is 11.7 Å². The minimum absolute atomic E-state index is 0.223. The van der Waals surface area contributed by atoms with Crippen LogP contribution < -0.4 is 0 Å². The van der Waals surface area contributed by atoms with Crippen molar-refractivity contribution < 1.29 is 13.9 Å². The SMILES string of the molecule is CCOC(=O)c1cc(Cl)c2nc([C@H](C)[C@H]3CC[C@@H](c4ccnc5ccc(F)cc54)CC3)[nH]c2c1. The van der Waals surface area contributed by atoms with E-state index >= 15 is 0 Å². The fourth-order valence-electron chi connectivity index (χ4n) is 5.29. The Morgan fingerprint density at radius 3 is 2.76 bits per heavy atom. The van der Waals surface area contributed by atoms with E-state index in [0.29, 0.717) is 34.5 Å². The topological polar surface area (TPSA) is 67.9 Å². The Hall–Kier alpha value is -2.99. The number of H-pyrrole nitrogens is 1. The molecule has 7 heteroatoms. The first kappa shape index (κ1) is 22.8. The number of pyridine rings is 1. The van der Waals surface area contributed by atoms with Crippen molar-refractivity contribution in [3.05, 3.63) is 70.4 Å². The van der Waals surface area contributed by atoms with Gasteiger partial charge in [-0.3, -0.25) is 4.98 Å². The summed E-state index contributed by atoms with van der Waals surface area (Å²) >= 11 is 6.43. The molecule has 5 nitrogen and oxygen atoms in total. The van der Waals surface area contributed by atoms with Crippen molar-refractivity contribution in [1.82, 2.24) is 15.0 Å². The van der Waals surface area contributed by atoms with Crippen LogP contribution in [0.5, 0.6) is 0 Å². The first-order chi connectivity index (χ1) is 16.4. The summed E-state index contributed by atoms with van der Waals surface area (Å²) in [5.74, 6) is 1.37. The highest BCUT2D eigenvalue weighted by Crippen LogP contribution is 2.43. The number of benzene rings is 2. The summed E-state index contributed by atoms with van der Waals surface area (Å²) in [6, 6.07) is 10.2. The molecule has 1 fully saturated rings. The molecule has 1 aliphatic rings. The maximum Gasteiger partial charge on any atom is 0.338 e. The fourth-order valence-corrected chi connectivity index (χ4v) is 5.55. The summed E-state index contributed by atoms with van der Waals surface area (Å²) < 4.78 is 19.0. The summed E-state index contributed by atoms with van der Waals surface area (Å²) in [5, 5.41) is 1.36. The number of esters is 1. The molecular formula is C27H27ClFN3O2. The van der Waals surface area contributed by atoms with Crippen LogP contribution in [0.1, 0.15) is 73.1 Å². The van der Waals surface area contributed by atoms with E-state index in [1.807, 2.05) is 12.3 Å². The maximum atomic E-state index is 13.9. The number of carbonyl (C=O) groups excluding carboxylic acids is 1. The van der Waals surface area contributed by atoms with E-state index in [1.165, 1.54) is 11.6 Å². The van der Waals surface area contributed by atoms with Gasteiger partial charge in [0.2, 0.25) is 0 Å². The monoisotopic (exact) mass is 479 g/mol. The van der Waals surface area contributed by atoms with E-state index in [9.17, 15) is 9.18 Å². The Balaban J connectivity index is 1.33. The zero-order chi connectivity index (χ0) is 23.8. The van der Waals surface area contributed by atoms with E-state index in [-0.39, 0.29) is 11.7 Å². The van der Waals surface area contributed by atoms with Crippen LogP contribution in [-0.2, 0) is 4.74 Å². The van der Waals surface area contributed by atoms with Crippen LogP contribution in [0.4, 0.5) is 4.39 Å². The number of halogens is 2. The van der Waals surface area contributed by atoms with Crippen molar-refractivity contribution in [3.8, 4) is 0 Å². The molecule has 0 unspecified atom stereocenters. The maximum absolute atomic E-state index is 13.9. The van der Waals surface area contributed by atoms with Gasteiger partial charge in [0, 0.05) is 17.5 Å². The summed E-state index contributed by atoms with van der Waals surface area (Å²) in [7, 11) is 0. The molecule has 0 bridgehead atoms. The second kappa shape index (κ2) is 9.34. The third-order valence-corrected chi connectivity index (χ3v) is 7.45. The zero-order valence-electron chi connectivity index (χ0n) is 19.3. The third kappa shape index (κ3) is 4.27. The molecule has 0 aliphatic heterocycles. The van der Waals surface area contributed by atoms with Crippen molar-refractivity contribution in [2.24, 2.45) is 5.92 Å². The van der Waals surface area contributed by atoms with Crippen molar-refractivity contribution in [2.45, 2.75) is 51.4 Å². The highest BCUT2D eigenvalue weighted by atomic mass is 35.5. The van der Waals surface area contributed by atoms with Crippen LogP contribution >= 0.6 is 11.6 Å². The first-order valence-electron chi connectivity index (χ1n) is 11.8. The number of imidazole rings is 1. The largest absolute Gasteiger partial charge is 0.462 e. The molecule has 176 valence electrons. The Kier molecular flexibility index (Phi) is 6.26. The van der Waals surface area contributed by atoms with Crippen LogP contribution in [0.3, 0.4) is 0 Å². The minimum Gasteiger partial charge on any atom is -0.462 e. The number of rotatable bonds is 5. The normalized spacial score (nSPS) is 19.4. The molecule has 2 aromatic carbocycles. The highest BCUT2D eigenvalue weighted by molar-refractivity contribution is 6.35. The van der Waals surface area contributed by atoms with E-state index in [0.717, 1.165) is 47.9 Å². The molecule has 1 N–H and O–H groups in total. The first-order valence-corrected chi connectivity index (χ1v) is 12.2. The van der Waals surface area contributed by atoms with Crippen LogP contribution in [-0.4, -0.2) is 27.5 Å². The van der Waals surface area contributed by atoms with E-state index in [2.05, 4.69) is 16.9 Å². The van der Waals surface area contributed by atoms with Gasteiger partial charge in [-0.15, -0.1) is 0 Å². The van der Waals surface area contributed by atoms with Crippen molar-refractivity contribution in [2.75, 3.05) is 6.61 Å².